The van der Waals surface area contributed by atoms with E-state index in [1.165, 1.54) is 12.8 Å². The first-order chi connectivity index (χ1) is 3.72. The normalized spacial score (nSPS) is 24.0. The largest absolute Gasteiger partial charge is 0.616 e. The molecule has 0 aromatic rings. The molecule has 0 aliphatic heterocycles. The van der Waals surface area contributed by atoms with Crippen LogP contribution >= 0.6 is 0 Å². The summed E-state index contributed by atoms with van der Waals surface area (Å²) in [4.78, 5) is 0. The highest BCUT2D eigenvalue weighted by Gasteiger charge is 2.35. The molecule has 0 radical (unpaired) electrons. The Hall–Kier alpha value is 0.310. The Bertz CT molecular complexity index is 76.6. The van der Waals surface area contributed by atoms with Gasteiger partial charge < -0.3 is 4.55 Å². The maximum absolute atomic E-state index is 11.0. The van der Waals surface area contributed by atoms with Gasteiger partial charge in [-0.15, -0.1) is 0 Å². The van der Waals surface area contributed by atoms with E-state index in [2.05, 4.69) is 0 Å². The van der Waals surface area contributed by atoms with Crippen molar-refractivity contribution in [3.05, 3.63) is 0 Å². The molecule has 1 rings (SSSR count). The van der Waals surface area contributed by atoms with Crippen molar-refractivity contribution in [3.63, 3.8) is 0 Å². The molecule has 0 spiro atoms. The first-order valence-electron chi connectivity index (χ1n) is 3.11. The van der Waals surface area contributed by atoms with E-state index in [1.807, 2.05) is 13.8 Å². The first-order valence-corrected chi connectivity index (χ1v) is 4.39. The fraction of sp³-hybridized carbons (Fsp3) is 1.00. The summed E-state index contributed by atoms with van der Waals surface area (Å²) in [5, 5.41) is 0.942. The van der Waals surface area contributed by atoms with Crippen molar-refractivity contribution in [2.45, 2.75) is 37.2 Å². The summed E-state index contributed by atoms with van der Waals surface area (Å²) < 4.78 is 11.0. The summed E-state index contributed by atoms with van der Waals surface area (Å²) in [7, 11) is 0. The minimum absolute atomic E-state index is 0.377. The zero-order valence-electron chi connectivity index (χ0n) is 5.39. The molecule has 0 N–H and O–H groups in total. The standard InChI is InChI=1S/C6H12OS/c1-5(2)8(7)6-3-4-6/h5-6H,3-4H2,1-2H3. The molecule has 1 nitrogen and oxygen atoms in total. The van der Waals surface area contributed by atoms with Crippen molar-refractivity contribution >= 4 is 11.2 Å². The molecule has 0 amide bonds. The lowest BCUT2D eigenvalue weighted by Gasteiger charge is -2.12. The highest BCUT2D eigenvalue weighted by atomic mass is 32.2. The van der Waals surface area contributed by atoms with E-state index in [0.29, 0.717) is 10.5 Å². The van der Waals surface area contributed by atoms with Crippen molar-refractivity contribution in [2.24, 2.45) is 0 Å². The van der Waals surface area contributed by atoms with Crippen LogP contribution in [0.15, 0.2) is 0 Å². The molecule has 1 aliphatic carbocycles. The van der Waals surface area contributed by atoms with Crippen LogP contribution in [0.1, 0.15) is 26.7 Å². The topological polar surface area (TPSA) is 23.1 Å². The molecule has 1 saturated carbocycles. The molecule has 0 saturated heterocycles. The number of hydrogen-bond donors (Lipinski definition) is 0. The summed E-state index contributed by atoms with van der Waals surface area (Å²) >= 11 is -0.512. The second kappa shape index (κ2) is 2.28. The Balaban J connectivity index is 2.22. The summed E-state index contributed by atoms with van der Waals surface area (Å²) in [6, 6.07) is 0. The second-order valence-electron chi connectivity index (χ2n) is 2.58. The van der Waals surface area contributed by atoms with E-state index in [-0.39, 0.29) is 0 Å². The summed E-state index contributed by atoms with van der Waals surface area (Å²) in [6.07, 6.45) is 2.40. The molecule has 2 heteroatoms. The molecule has 1 unspecified atom stereocenters. The minimum Gasteiger partial charge on any atom is -0.616 e. The molecular formula is C6H12OS. The monoisotopic (exact) mass is 132 g/mol. The van der Waals surface area contributed by atoms with Crippen molar-refractivity contribution in [3.8, 4) is 0 Å². The predicted molar refractivity (Wildman–Crippen MR) is 36.3 cm³/mol. The smallest absolute Gasteiger partial charge is 0.116 e. The average molecular weight is 132 g/mol. The van der Waals surface area contributed by atoms with E-state index in [0.717, 1.165) is 0 Å². The Kier molecular flexibility index (Phi) is 1.83. The Labute approximate surface area is 53.7 Å². The van der Waals surface area contributed by atoms with Gasteiger partial charge in [-0.2, -0.15) is 0 Å². The first kappa shape index (κ1) is 6.43. The van der Waals surface area contributed by atoms with Crippen molar-refractivity contribution in [1.29, 1.82) is 0 Å². The average Bonchev–Trinajstić information content (AvgIpc) is 2.43. The Morgan fingerprint density at radius 2 is 2.00 bits per heavy atom. The van der Waals surface area contributed by atoms with Crippen LogP contribution in [0.5, 0.6) is 0 Å². The van der Waals surface area contributed by atoms with E-state index >= 15 is 0 Å². The van der Waals surface area contributed by atoms with Crippen LogP contribution in [-0.4, -0.2) is 15.1 Å². The zero-order chi connectivity index (χ0) is 6.15. The molecule has 0 aromatic heterocycles. The van der Waals surface area contributed by atoms with Gasteiger partial charge in [0.25, 0.3) is 0 Å². The maximum Gasteiger partial charge on any atom is 0.116 e. The van der Waals surface area contributed by atoms with Gasteiger partial charge in [-0.3, -0.25) is 0 Å². The van der Waals surface area contributed by atoms with Gasteiger partial charge in [0.1, 0.15) is 10.5 Å². The van der Waals surface area contributed by atoms with Gasteiger partial charge in [-0.1, -0.05) is 0 Å². The van der Waals surface area contributed by atoms with Crippen LogP contribution in [0.2, 0.25) is 0 Å². The lowest BCUT2D eigenvalue weighted by atomic mass is 10.6. The van der Waals surface area contributed by atoms with Gasteiger partial charge in [0.15, 0.2) is 0 Å². The quantitative estimate of drug-likeness (QED) is 0.519. The molecule has 48 valence electrons. The molecule has 0 aromatic carbocycles. The lowest BCUT2D eigenvalue weighted by molar-refractivity contribution is 0.585. The van der Waals surface area contributed by atoms with Crippen LogP contribution in [0, 0.1) is 0 Å². The van der Waals surface area contributed by atoms with Gasteiger partial charge in [-0.25, -0.2) is 0 Å². The number of hydrogen-bond acceptors (Lipinski definition) is 1. The highest BCUT2D eigenvalue weighted by molar-refractivity contribution is 7.92. The third-order valence-corrected chi connectivity index (χ3v) is 3.38. The van der Waals surface area contributed by atoms with E-state index in [4.69, 9.17) is 0 Å². The van der Waals surface area contributed by atoms with Gasteiger partial charge in [0, 0.05) is 0 Å². The van der Waals surface area contributed by atoms with Gasteiger partial charge in [0.2, 0.25) is 0 Å². The van der Waals surface area contributed by atoms with E-state index < -0.39 is 11.2 Å². The molecule has 8 heavy (non-hydrogen) atoms. The van der Waals surface area contributed by atoms with Crippen molar-refractivity contribution < 1.29 is 4.55 Å². The molecular weight excluding hydrogens is 120 g/mol. The fourth-order valence-electron chi connectivity index (χ4n) is 0.685. The molecule has 0 bridgehead atoms. The van der Waals surface area contributed by atoms with Crippen LogP contribution in [0.25, 0.3) is 0 Å². The lowest BCUT2D eigenvalue weighted by Crippen LogP contribution is -2.18. The van der Waals surface area contributed by atoms with Crippen LogP contribution in [-0.2, 0) is 11.2 Å². The van der Waals surface area contributed by atoms with Gasteiger partial charge in [-0.05, 0) is 37.9 Å². The summed E-state index contributed by atoms with van der Waals surface area (Å²) in [5.41, 5.74) is 0. The predicted octanol–water partition coefficient (Wildman–Crippen LogP) is 1.31. The molecule has 1 aliphatic rings. The Morgan fingerprint density at radius 1 is 1.50 bits per heavy atom. The van der Waals surface area contributed by atoms with E-state index in [9.17, 15) is 4.55 Å². The fourth-order valence-corrected chi connectivity index (χ4v) is 2.06. The number of rotatable bonds is 2. The SMILES string of the molecule is CC(C)[S+]([O-])C1CC1. The molecule has 0 heterocycles. The maximum atomic E-state index is 11.0. The van der Waals surface area contributed by atoms with Crippen LogP contribution < -0.4 is 0 Å². The Morgan fingerprint density at radius 3 is 2.12 bits per heavy atom. The summed E-state index contributed by atoms with van der Waals surface area (Å²) in [6.45, 7) is 4.04. The summed E-state index contributed by atoms with van der Waals surface area (Å²) in [5.74, 6) is 0. The van der Waals surface area contributed by atoms with Crippen molar-refractivity contribution in [2.75, 3.05) is 0 Å². The molecule has 1 fully saturated rings. The third kappa shape index (κ3) is 1.39. The van der Waals surface area contributed by atoms with Crippen LogP contribution in [0.3, 0.4) is 0 Å². The zero-order valence-corrected chi connectivity index (χ0v) is 6.20. The van der Waals surface area contributed by atoms with Crippen molar-refractivity contribution in [1.82, 2.24) is 0 Å². The second-order valence-corrected chi connectivity index (χ2v) is 4.84. The minimum atomic E-state index is -0.512. The third-order valence-electron chi connectivity index (χ3n) is 1.32. The van der Waals surface area contributed by atoms with Crippen LogP contribution in [0.4, 0.5) is 0 Å². The van der Waals surface area contributed by atoms with E-state index in [1.54, 1.807) is 0 Å². The van der Waals surface area contributed by atoms with Gasteiger partial charge in [0.05, 0.1) is 0 Å². The molecule has 1 atom stereocenters. The highest BCUT2D eigenvalue weighted by Crippen LogP contribution is 2.30. The van der Waals surface area contributed by atoms with Gasteiger partial charge >= 0.3 is 0 Å².